The minimum atomic E-state index is 0.709. The highest BCUT2D eigenvalue weighted by atomic mass is 79.9. The molecule has 3 aromatic carbocycles. The van der Waals surface area contributed by atoms with Gasteiger partial charge in [0.05, 0.1) is 23.0 Å². The van der Waals surface area contributed by atoms with Crippen molar-refractivity contribution in [2.24, 2.45) is 4.99 Å². The second kappa shape index (κ2) is 9.65. The van der Waals surface area contributed by atoms with Crippen LogP contribution in [0.25, 0.3) is 11.3 Å². The van der Waals surface area contributed by atoms with Gasteiger partial charge in [0.15, 0.2) is 4.80 Å². The molecule has 0 unspecified atom stereocenters. The smallest absolute Gasteiger partial charge is 0.190 e. The predicted octanol–water partition coefficient (Wildman–Crippen LogP) is 7.12. The highest BCUT2D eigenvalue weighted by molar-refractivity contribution is 9.10. The first-order valence-corrected chi connectivity index (χ1v) is 11.6. The molecule has 0 atom stereocenters. The van der Waals surface area contributed by atoms with E-state index in [2.05, 4.69) is 62.3 Å². The van der Waals surface area contributed by atoms with Gasteiger partial charge >= 0.3 is 0 Å². The molecule has 0 fully saturated rings. The molecule has 6 heteroatoms. The number of benzene rings is 3. The second-order valence-corrected chi connectivity index (χ2v) is 8.86. The van der Waals surface area contributed by atoms with E-state index < -0.39 is 0 Å². The quantitative estimate of drug-likeness (QED) is 0.277. The molecule has 1 heterocycles. The largest absolute Gasteiger partial charge is 0.496 e. The van der Waals surface area contributed by atoms with Crippen molar-refractivity contribution in [1.29, 1.82) is 0 Å². The summed E-state index contributed by atoms with van der Waals surface area (Å²) >= 11 is 11.3. The lowest BCUT2D eigenvalue weighted by atomic mass is 10.1. The van der Waals surface area contributed by atoms with E-state index in [1.807, 2.05) is 36.4 Å². The van der Waals surface area contributed by atoms with Crippen LogP contribution in [0.2, 0.25) is 5.02 Å². The maximum atomic E-state index is 6.03. The van der Waals surface area contributed by atoms with Crippen LogP contribution in [0, 0.1) is 0 Å². The summed E-state index contributed by atoms with van der Waals surface area (Å²) in [6.45, 7) is 0.832. The third-order valence-electron chi connectivity index (χ3n) is 4.76. The van der Waals surface area contributed by atoms with E-state index in [-0.39, 0.29) is 0 Å². The van der Waals surface area contributed by atoms with Crippen LogP contribution in [0.5, 0.6) is 5.75 Å². The van der Waals surface area contributed by atoms with Crippen molar-refractivity contribution in [3.8, 4) is 17.0 Å². The van der Waals surface area contributed by atoms with Crippen LogP contribution in [0.4, 0.5) is 5.69 Å². The third kappa shape index (κ3) is 4.86. The lowest BCUT2D eigenvalue weighted by Gasteiger charge is -2.11. The lowest BCUT2D eigenvalue weighted by Crippen LogP contribution is -2.17. The predicted molar refractivity (Wildman–Crippen MR) is 129 cm³/mol. The number of hydrogen-bond acceptors (Lipinski definition) is 3. The van der Waals surface area contributed by atoms with E-state index >= 15 is 0 Å². The maximum Gasteiger partial charge on any atom is 0.190 e. The van der Waals surface area contributed by atoms with E-state index in [0.29, 0.717) is 5.02 Å². The summed E-state index contributed by atoms with van der Waals surface area (Å²) in [5.41, 5.74) is 4.43. The molecule has 0 saturated heterocycles. The maximum absolute atomic E-state index is 6.03. The van der Waals surface area contributed by atoms with Crippen LogP contribution >= 0.6 is 38.9 Å². The summed E-state index contributed by atoms with van der Waals surface area (Å²) in [7, 11) is 1.67. The van der Waals surface area contributed by atoms with Crippen molar-refractivity contribution in [3.05, 3.63) is 98.0 Å². The van der Waals surface area contributed by atoms with Crippen molar-refractivity contribution < 1.29 is 4.74 Å². The Morgan fingerprint density at radius 1 is 1.03 bits per heavy atom. The lowest BCUT2D eigenvalue weighted by molar-refractivity contribution is 0.412. The Labute approximate surface area is 193 Å². The van der Waals surface area contributed by atoms with Gasteiger partial charge in [0.2, 0.25) is 0 Å². The van der Waals surface area contributed by atoms with Crippen LogP contribution in [0.15, 0.2) is 87.6 Å². The van der Waals surface area contributed by atoms with Crippen LogP contribution in [-0.4, -0.2) is 11.7 Å². The molecule has 0 aliphatic heterocycles. The van der Waals surface area contributed by atoms with Gasteiger partial charge in [-0.15, -0.1) is 11.3 Å². The van der Waals surface area contributed by atoms with Gasteiger partial charge < -0.3 is 9.30 Å². The van der Waals surface area contributed by atoms with Crippen LogP contribution in [0.1, 0.15) is 5.56 Å². The van der Waals surface area contributed by atoms with Gasteiger partial charge in [0.25, 0.3) is 0 Å². The molecule has 0 aliphatic rings. The van der Waals surface area contributed by atoms with Crippen LogP contribution < -0.4 is 9.54 Å². The third-order valence-corrected chi connectivity index (χ3v) is 6.50. The van der Waals surface area contributed by atoms with Gasteiger partial charge in [-0.2, -0.15) is 0 Å². The number of aromatic nitrogens is 1. The zero-order valence-electron chi connectivity index (χ0n) is 16.4. The minimum Gasteiger partial charge on any atom is -0.496 e. The normalized spacial score (nSPS) is 11.6. The second-order valence-electron chi connectivity index (χ2n) is 6.73. The van der Waals surface area contributed by atoms with Crippen molar-refractivity contribution in [2.45, 2.75) is 13.0 Å². The van der Waals surface area contributed by atoms with Gasteiger partial charge in [-0.1, -0.05) is 41.9 Å². The Hall–Kier alpha value is -2.34. The molecule has 0 radical (unpaired) electrons. The molecule has 0 amide bonds. The highest BCUT2D eigenvalue weighted by Gasteiger charge is 2.11. The number of aryl methyl sites for hydroxylation is 1. The number of rotatable bonds is 6. The van der Waals surface area contributed by atoms with Gasteiger partial charge in [0, 0.05) is 22.5 Å². The zero-order chi connectivity index (χ0) is 20.9. The number of hydrogen-bond donors (Lipinski definition) is 0. The average Bonchev–Trinajstić information content (AvgIpc) is 3.17. The summed E-state index contributed by atoms with van der Waals surface area (Å²) in [6, 6.07) is 24.3. The molecule has 4 aromatic rings. The molecule has 0 saturated carbocycles. The SMILES string of the molecule is COc1ccc(-c2csc(=Nc3ccc(Cl)cc3)n2CCc2ccccc2)cc1Br. The topological polar surface area (TPSA) is 26.5 Å². The molecule has 0 spiro atoms. The van der Waals surface area contributed by atoms with E-state index in [4.69, 9.17) is 21.3 Å². The molecule has 0 N–H and O–H groups in total. The summed E-state index contributed by atoms with van der Waals surface area (Å²) in [4.78, 5) is 5.84. The average molecular weight is 500 g/mol. The molecular formula is C24H20BrClN2OS. The number of methoxy groups -OCH3 is 1. The zero-order valence-corrected chi connectivity index (χ0v) is 19.5. The molecule has 1 aromatic heterocycles. The monoisotopic (exact) mass is 498 g/mol. The van der Waals surface area contributed by atoms with Crippen LogP contribution in [-0.2, 0) is 13.0 Å². The molecule has 0 aliphatic carbocycles. The fraction of sp³-hybridized carbons (Fsp3) is 0.125. The molecule has 152 valence electrons. The van der Waals surface area contributed by atoms with E-state index in [1.165, 1.54) is 5.56 Å². The first-order valence-electron chi connectivity index (χ1n) is 9.50. The van der Waals surface area contributed by atoms with Crippen LogP contribution in [0.3, 0.4) is 0 Å². The van der Waals surface area contributed by atoms with Crippen molar-refractivity contribution in [2.75, 3.05) is 7.11 Å². The fourth-order valence-electron chi connectivity index (χ4n) is 3.20. The number of thiazole rings is 1. The van der Waals surface area contributed by atoms with Crippen molar-refractivity contribution in [1.82, 2.24) is 4.57 Å². The Morgan fingerprint density at radius 2 is 1.80 bits per heavy atom. The standard InChI is InChI=1S/C24H20BrClN2OS/c1-29-23-12-7-18(15-21(23)25)22-16-30-24(27-20-10-8-19(26)9-11-20)28(22)14-13-17-5-3-2-4-6-17/h2-12,15-16H,13-14H2,1H3. The first kappa shape index (κ1) is 20.9. The Balaban J connectivity index is 1.76. The number of ether oxygens (including phenoxy) is 1. The number of nitrogens with zero attached hydrogens (tertiary/aromatic N) is 2. The highest BCUT2D eigenvalue weighted by Crippen LogP contribution is 2.31. The molecule has 3 nitrogen and oxygen atoms in total. The summed E-state index contributed by atoms with van der Waals surface area (Å²) in [5.74, 6) is 0.816. The van der Waals surface area contributed by atoms with E-state index in [9.17, 15) is 0 Å². The molecule has 0 bridgehead atoms. The van der Waals surface area contributed by atoms with Gasteiger partial charge in [-0.3, -0.25) is 0 Å². The van der Waals surface area contributed by atoms with Gasteiger partial charge in [-0.05, 0) is 70.4 Å². The fourth-order valence-corrected chi connectivity index (χ4v) is 4.82. The minimum absolute atomic E-state index is 0.709. The summed E-state index contributed by atoms with van der Waals surface area (Å²) in [6.07, 6.45) is 0.926. The Morgan fingerprint density at radius 3 is 2.50 bits per heavy atom. The van der Waals surface area contributed by atoms with E-state index in [0.717, 1.165) is 44.9 Å². The first-order chi connectivity index (χ1) is 14.6. The van der Waals surface area contributed by atoms with Gasteiger partial charge in [-0.25, -0.2) is 4.99 Å². The van der Waals surface area contributed by atoms with E-state index in [1.54, 1.807) is 18.4 Å². The Kier molecular flexibility index (Phi) is 6.72. The van der Waals surface area contributed by atoms with Crippen molar-refractivity contribution in [3.63, 3.8) is 0 Å². The summed E-state index contributed by atoms with van der Waals surface area (Å²) in [5, 5.41) is 2.87. The Bertz CT molecular complexity index is 1200. The molecular weight excluding hydrogens is 480 g/mol. The summed E-state index contributed by atoms with van der Waals surface area (Å²) < 4.78 is 8.59. The number of halogens is 2. The van der Waals surface area contributed by atoms with Crippen molar-refractivity contribution >= 4 is 44.6 Å². The molecule has 30 heavy (non-hydrogen) atoms. The molecule has 4 rings (SSSR count). The van der Waals surface area contributed by atoms with Gasteiger partial charge in [0.1, 0.15) is 5.75 Å².